The first-order valence-electron chi connectivity index (χ1n) is 5.50. The van der Waals surface area contributed by atoms with E-state index in [2.05, 4.69) is 0 Å². The Balaban J connectivity index is 3.07. The van der Waals surface area contributed by atoms with Crippen LogP contribution >= 0.6 is 23.2 Å². The van der Waals surface area contributed by atoms with E-state index in [0.717, 1.165) is 0 Å². The van der Waals surface area contributed by atoms with Gasteiger partial charge in [-0.25, -0.2) is 0 Å². The average Bonchev–Trinajstić information content (AvgIpc) is 2.30. The molecule has 1 aromatic rings. The molecule has 0 saturated heterocycles. The van der Waals surface area contributed by atoms with E-state index in [9.17, 15) is 13.2 Å². The Labute approximate surface area is 126 Å². The van der Waals surface area contributed by atoms with Gasteiger partial charge in [0.2, 0.25) is 0 Å². The first kappa shape index (κ1) is 17.2. The summed E-state index contributed by atoms with van der Waals surface area (Å²) >= 11 is 11.7. The summed E-state index contributed by atoms with van der Waals surface area (Å²) in [5.41, 5.74) is 6.41. The van der Waals surface area contributed by atoms with Gasteiger partial charge in [0.05, 0.1) is 15.8 Å². The number of aliphatic carboxylic acids is 1. The quantitative estimate of drug-likeness (QED) is 0.672. The van der Waals surface area contributed by atoms with Crippen LogP contribution in [0.4, 0.5) is 0 Å². The molecule has 6 nitrogen and oxygen atoms in total. The molecule has 0 heterocycles. The van der Waals surface area contributed by atoms with Gasteiger partial charge in [-0.05, 0) is 36.1 Å². The Bertz CT molecular complexity index is 617. The van der Waals surface area contributed by atoms with E-state index < -0.39 is 27.9 Å². The minimum Gasteiger partial charge on any atom is -0.480 e. The molecule has 1 aromatic carbocycles. The third kappa shape index (κ3) is 5.26. The SMILES string of the molecule is N[C@@H](Cc1cc(Cl)c(Cl)cc1CCS(=O)(=O)O)C(=O)O. The van der Waals surface area contributed by atoms with Crippen LogP contribution in [0.3, 0.4) is 0 Å². The number of halogens is 2. The molecule has 0 bridgehead atoms. The Hall–Kier alpha value is -0.860. The third-order valence-electron chi connectivity index (χ3n) is 2.63. The van der Waals surface area contributed by atoms with Crippen LogP contribution in [0.15, 0.2) is 12.1 Å². The van der Waals surface area contributed by atoms with Gasteiger partial charge in [0.15, 0.2) is 0 Å². The summed E-state index contributed by atoms with van der Waals surface area (Å²) in [5, 5.41) is 9.23. The molecule has 0 aliphatic carbocycles. The van der Waals surface area contributed by atoms with E-state index >= 15 is 0 Å². The minimum atomic E-state index is -4.13. The van der Waals surface area contributed by atoms with Gasteiger partial charge in [-0.2, -0.15) is 8.42 Å². The Morgan fingerprint density at radius 3 is 2.20 bits per heavy atom. The lowest BCUT2D eigenvalue weighted by Gasteiger charge is -2.13. The number of carboxylic acid groups (broad SMARTS) is 1. The molecule has 0 aliphatic heterocycles. The van der Waals surface area contributed by atoms with E-state index in [1.807, 2.05) is 0 Å². The van der Waals surface area contributed by atoms with E-state index in [-0.39, 0.29) is 22.9 Å². The molecule has 0 amide bonds. The summed E-state index contributed by atoms with van der Waals surface area (Å²) in [4.78, 5) is 10.8. The fourth-order valence-electron chi connectivity index (χ4n) is 1.62. The summed E-state index contributed by atoms with van der Waals surface area (Å²) in [5.74, 6) is -1.68. The fourth-order valence-corrected chi connectivity index (χ4v) is 2.47. The van der Waals surface area contributed by atoms with Gasteiger partial charge in [-0.15, -0.1) is 0 Å². The van der Waals surface area contributed by atoms with Crippen molar-refractivity contribution in [3.8, 4) is 0 Å². The fraction of sp³-hybridized carbons (Fsp3) is 0.364. The highest BCUT2D eigenvalue weighted by molar-refractivity contribution is 7.85. The topological polar surface area (TPSA) is 118 Å². The van der Waals surface area contributed by atoms with Gasteiger partial charge < -0.3 is 10.8 Å². The van der Waals surface area contributed by atoms with E-state index in [4.69, 9.17) is 38.6 Å². The molecular formula is C11H13Cl2NO5S. The normalized spacial score (nSPS) is 13.2. The van der Waals surface area contributed by atoms with Crippen LogP contribution in [0, 0.1) is 0 Å². The van der Waals surface area contributed by atoms with Crippen molar-refractivity contribution in [1.82, 2.24) is 0 Å². The van der Waals surface area contributed by atoms with Crippen LogP contribution < -0.4 is 5.73 Å². The summed E-state index contributed by atoms with van der Waals surface area (Å²) in [6.07, 6.45) is -0.0373. The van der Waals surface area contributed by atoms with E-state index in [0.29, 0.717) is 11.1 Å². The van der Waals surface area contributed by atoms with Crippen molar-refractivity contribution < 1.29 is 22.9 Å². The number of hydrogen-bond donors (Lipinski definition) is 3. The smallest absolute Gasteiger partial charge is 0.320 e. The molecule has 0 radical (unpaired) electrons. The maximum Gasteiger partial charge on any atom is 0.320 e. The van der Waals surface area contributed by atoms with Crippen molar-refractivity contribution >= 4 is 39.3 Å². The Kier molecular flexibility index (Phi) is 5.79. The van der Waals surface area contributed by atoms with E-state index in [1.54, 1.807) is 0 Å². The summed E-state index contributed by atoms with van der Waals surface area (Å²) in [7, 11) is -4.13. The Morgan fingerprint density at radius 1 is 1.25 bits per heavy atom. The number of aryl methyl sites for hydroxylation is 1. The van der Waals surface area contributed by atoms with E-state index in [1.165, 1.54) is 12.1 Å². The van der Waals surface area contributed by atoms with Crippen LogP contribution in [0.5, 0.6) is 0 Å². The monoisotopic (exact) mass is 341 g/mol. The zero-order valence-electron chi connectivity index (χ0n) is 10.2. The highest BCUT2D eigenvalue weighted by Gasteiger charge is 2.17. The molecule has 112 valence electrons. The molecule has 0 aromatic heterocycles. The zero-order chi connectivity index (χ0) is 15.5. The van der Waals surface area contributed by atoms with Gasteiger partial charge in [-0.1, -0.05) is 23.2 Å². The molecule has 0 saturated carbocycles. The zero-order valence-corrected chi connectivity index (χ0v) is 12.5. The molecule has 9 heteroatoms. The van der Waals surface area contributed by atoms with Gasteiger partial charge in [0.25, 0.3) is 10.1 Å². The van der Waals surface area contributed by atoms with Crippen molar-refractivity contribution in [2.45, 2.75) is 18.9 Å². The lowest BCUT2D eigenvalue weighted by molar-refractivity contribution is -0.138. The number of carbonyl (C=O) groups is 1. The van der Waals surface area contributed by atoms with Crippen LogP contribution in [0.2, 0.25) is 10.0 Å². The number of rotatable bonds is 6. The van der Waals surface area contributed by atoms with Crippen LogP contribution in [0.25, 0.3) is 0 Å². The summed E-state index contributed by atoms with van der Waals surface area (Å²) in [6.45, 7) is 0. The largest absolute Gasteiger partial charge is 0.480 e. The number of hydrogen-bond acceptors (Lipinski definition) is 4. The highest BCUT2D eigenvalue weighted by atomic mass is 35.5. The number of benzene rings is 1. The predicted octanol–water partition coefficient (Wildman–Crippen LogP) is 1.38. The first-order chi connectivity index (χ1) is 9.10. The summed E-state index contributed by atoms with van der Waals surface area (Å²) < 4.78 is 30.3. The van der Waals surface area contributed by atoms with Crippen molar-refractivity contribution in [1.29, 1.82) is 0 Å². The second-order valence-electron chi connectivity index (χ2n) is 4.22. The molecule has 0 aliphatic rings. The molecule has 0 unspecified atom stereocenters. The lowest BCUT2D eigenvalue weighted by Crippen LogP contribution is -2.32. The van der Waals surface area contributed by atoms with Gasteiger partial charge in [-0.3, -0.25) is 9.35 Å². The molecule has 1 atom stereocenters. The Morgan fingerprint density at radius 2 is 1.75 bits per heavy atom. The van der Waals surface area contributed by atoms with Gasteiger partial charge in [0.1, 0.15) is 6.04 Å². The number of nitrogens with two attached hydrogens (primary N) is 1. The molecule has 0 spiro atoms. The second kappa shape index (κ2) is 6.73. The standard InChI is InChI=1S/C11H13Cl2NO5S/c12-8-3-6(1-2-20(17,18)19)7(4-9(8)13)5-10(14)11(15)16/h3-4,10H,1-2,5,14H2,(H,15,16)(H,17,18,19)/t10-/m0/s1. The molecule has 0 fully saturated rings. The van der Waals surface area contributed by atoms with Crippen LogP contribution in [-0.4, -0.2) is 35.8 Å². The van der Waals surface area contributed by atoms with Crippen molar-refractivity contribution in [2.75, 3.05) is 5.75 Å². The molecule has 20 heavy (non-hydrogen) atoms. The second-order valence-corrected chi connectivity index (χ2v) is 6.61. The lowest BCUT2D eigenvalue weighted by atomic mass is 9.99. The maximum atomic E-state index is 10.8. The summed E-state index contributed by atoms with van der Waals surface area (Å²) in [6, 6.07) is 1.75. The highest BCUT2D eigenvalue weighted by Crippen LogP contribution is 2.27. The average molecular weight is 342 g/mol. The maximum absolute atomic E-state index is 10.8. The molecule has 4 N–H and O–H groups in total. The first-order valence-corrected chi connectivity index (χ1v) is 7.87. The predicted molar refractivity (Wildman–Crippen MR) is 75.9 cm³/mol. The van der Waals surface area contributed by atoms with Gasteiger partial charge >= 0.3 is 5.97 Å². The molecular weight excluding hydrogens is 329 g/mol. The van der Waals surface area contributed by atoms with Crippen molar-refractivity contribution in [2.24, 2.45) is 5.73 Å². The van der Waals surface area contributed by atoms with Crippen molar-refractivity contribution in [3.63, 3.8) is 0 Å². The minimum absolute atomic E-state index is 0.0165. The van der Waals surface area contributed by atoms with Crippen molar-refractivity contribution in [3.05, 3.63) is 33.3 Å². The third-order valence-corrected chi connectivity index (χ3v) is 4.07. The van der Waals surface area contributed by atoms with Crippen LogP contribution in [0.1, 0.15) is 11.1 Å². The van der Waals surface area contributed by atoms with Crippen LogP contribution in [-0.2, 0) is 27.8 Å². The number of carboxylic acids is 1. The molecule has 1 rings (SSSR count). The van der Waals surface area contributed by atoms with Gasteiger partial charge in [0, 0.05) is 0 Å².